The number of halogens is 1. The highest BCUT2D eigenvalue weighted by molar-refractivity contribution is 6.30. The van der Waals surface area contributed by atoms with E-state index >= 15 is 0 Å². The Morgan fingerprint density at radius 1 is 1.07 bits per heavy atom. The highest BCUT2D eigenvalue weighted by atomic mass is 35.5. The van der Waals surface area contributed by atoms with Gasteiger partial charge in [0.15, 0.2) is 0 Å². The van der Waals surface area contributed by atoms with E-state index in [1.165, 1.54) is 0 Å². The van der Waals surface area contributed by atoms with Crippen LogP contribution in [-0.4, -0.2) is 5.97 Å². The fraction of sp³-hybridized carbons (Fsp3) is 0.0435. The molecular weight excluding hydrogens is 388 g/mol. The molecule has 0 fully saturated rings. The number of esters is 1. The second-order valence-corrected chi connectivity index (χ2v) is 6.87. The third-order valence-corrected chi connectivity index (χ3v) is 4.83. The quantitative estimate of drug-likeness (QED) is 0.503. The minimum absolute atomic E-state index is 0.0107. The first-order valence-electron chi connectivity index (χ1n) is 8.81. The molecule has 4 rings (SSSR count). The molecule has 0 radical (unpaired) electrons. The van der Waals surface area contributed by atoms with Gasteiger partial charge in [-0.2, -0.15) is 5.26 Å². The average Bonchev–Trinajstić information content (AvgIpc) is 2.73. The molecule has 29 heavy (non-hydrogen) atoms. The Balaban J connectivity index is 1.71. The Hall–Kier alpha value is -3.75. The number of carbonyl (C=O) groups excluding carboxylic acids is 1. The normalized spacial score (nSPS) is 15.1. The summed E-state index contributed by atoms with van der Waals surface area (Å²) in [6.07, 6.45) is 0. The number of hydrogen-bond donors (Lipinski definition) is 1. The van der Waals surface area contributed by atoms with Crippen LogP contribution in [-0.2, 0) is 0 Å². The minimum Gasteiger partial charge on any atom is -0.440 e. The van der Waals surface area contributed by atoms with E-state index in [-0.39, 0.29) is 5.88 Å². The van der Waals surface area contributed by atoms with Gasteiger partial charge in [-0.15, -0.1) is 0 Å². The van der Waals surface area contributed by atoms with Crippen molar-refractivity contribution in [2.75, 3.05) is 0 Å². The third kappa shape index (κ3) is 3.66. The maximum atomic E-state index is 12.3. The zero-order chi connectivity index (χ0) is 20.4. The molecule has 3 aromatic rings. The van der Waals surface area contributed by atoms with Crippen LogP contribution < -0.4 is 15.2 Å². The molecule has 1 atom stereocenters. The van der Waals surface area contributed by atoms with Crippen LogP contribution >= 0.6 is 11.6 Å². The summed E-state index contributed by atoms with van der Waals surface area (Å²) in [6.45, 7) is 0. The van der Waals surface area contributed by atoms with Gasteiger partial charge >= 0.3 is 5.97 Å². The molecule has 3 aromatic carbocycles. The van der Waals surface area contributed by atoms with E-state index < -0.39 is 11.9 Å². The lowest BCUT2D eigenvalue weighted by atomic mass is 9.83. The molecule has 0 aromatic heterocycles. The molecule has 0 spiro atoms. The van der Waals surface area contributed by atoms with Gasteiger partial charge in [0.05, 0.1) is 11.5 Å². The average molecular weight is 403 g/mol. The molecule has 2 N–H and O–H groups in total. The van der Waals surface area contributed by atoms with Gasteiger partial charge in [-0.05, 0) is 35.9 Å². The van der Waals surface area contributed by atoms with Crippen molar-refractivity contribution >= 4 is 17.6 Å². The minimum atomic E-state index is -0.478. The molecule has 1 aliphatic rings. The highest BCUT2D eigenvalue weighted by Gasteiger charge is 2.31. The van der Waals surface area contributed by atoms with Gasteiger partial charge in [0.25, 0.3) is 0 Å². The third-order valence-electron chi connectivity index (χ3n) is 4.59. The monoisotopic (exact) mass is 402 g/mol. The summed E-state index contributed by atoms with van der Waals surface area (Å²) < 4.78 is 11.1. The van der Waals surface area contributed by atoms with Crippen molar-refractivity contribution in [3.8, 4) is 17.6 Å². The number of rotatable bonds is 3. The zero-order valence-corrected chi connectivity index (χ0v) is 15.9. The van der Waals surface area contributed by atoms with E-state index in [0.717, 1.165) is 11.1 Å². The molecule has 6 heteroatoms. The summed E-state index contributed by atoms with van der Waals surface area (Å²) in [5.41, 5.74) is 8.29. The summed E-state index contributed by atoms with van der Waals surface area (Å²) >= 11 is 6.14. The van der Waals surface area contributed by atoms with Crippen molar-refractivity contribution in [3.05, 3.63) is 106 Å². The highest BCUT2D eigenvalue weighted by Crippen LogP contribution is 2.43. The van der Waals surface area contributed by atoms with Gasteiger partial charge in [0.2, 0.25) is 5.88 Å². The summed E-state index contributed by atoms with van der Waals surface area (Å²) in [7, 11) is 0. The first-order chi connectivity index (χ1) is 14.1. The molecule has 1 heterocycles. The number of fused-ring (bicyclic) bond motifs is 1. The number of nitrogens with zero attached hydrogens (tertiary/aromatic N) is 1. The van der Waals surface area contributed by atoms with Crippen molar-refractivity contribution in [1.29, 1.82) is 5.26 Å². The lowest BCUT2D eigenvalue weighted by Gasteiger charge is -2.26. The van der Waals surface area contributed by atoms with Crippen LogP contribution in [0.4, 0.5) is 0 Å². The Labute approximate surface area is 172 Å². The van der Waals surface area contributed by atoms with E-state index in [1.54, 1.807) is 54.6 Å². The zero-order valence-electron chi connectivity index (χ0n) is 15.1. The first kappa shape index (κ1) is 18.6. The molecule has 0 amide bonds. The molecule has 142 valence electrons. The summed E-state index contributed by atoms with van der Waals surface area (Å²) in [5, 5.41) is 10.2. The SMILES string of the molecule is N#CC1=C(N)Oc2cc(OC(=O)c3ccccc3)ccc2C1c1cccc(Cl)c1. The van der Waals surface area contributed by atoms with Gasteiger partial charge in [-0.3, -0.25) is 0 Å². The van der Waals surface area contributed by atoms with E-state index in [4.69, 9.17) is 26.8 Å². The summed E-state index contributed by atoms with van der Waals surface area (Å²) in [4.78, 5) is 12.3. The second kappa shape index (κ2) is 7.70. The molecule has 0 saturated carbocycles. The fourth-order valence-electron chi connectivity index (χ4n) is 3.27. The van der Waals surface area contributed by atoms with Crippen LogP contribution in [0.3, 0.4) is 0 Å². The Morgan fingerprint density at radius 3 is 2.59 bits per heavy atom. The first-order valence-corrected chi connectivity index (χ1v) is 9.19. The van der Waals surface area contributed by atoms with Crippen LogP contribution in [0.5, 0.6) is 11.5 Å². The van der Waals surface area contributed by atoms with Gasteiger partial charge < -0.3 is 15.2 Å². The lowest BCUT2D eigenvalue weighted by molar-refractivity contribution is 0.0734. The Bertz CT molecular complexity index is 1170. The molecule has 5 nitrogen and oxygen atoms in total. The molecular formula is C23H15ClN2O3. The van der Waals surface area contributed by atoms with Gasteiger partial charge in [0.1, 0.15) is 23.1 Å². The Kier molecular flexibility index (Phi) is 4.94. The van der Waals surface area contributed by atoms with Crippen LogP contribution in [0.1, 0.15) is 27.4 Å². The smallest absolute Gasteiger partial charge is 0.343 e. The topological polar surface area (TPSA) is 85.3 Å². The van der Waals surface area contributed by atoms with Crippen LogP contribution in [0.25, 0.3) is 0 Å². The fourth-order valence-corrected chi connectivity index (χ4v) is 3.47. The van der Waals surface area contributed by atoms with Crippen molar-refractivity contribution in [2.45, 2.75) is 5.92 Å². The van der Waals surface area contributed by atoms with Crippen molar-refractivity contribution in [2.24, 2.45) is 5.73 Å². The second-order valence-electron chi connectivity index (χ2n) is 6.43. The molecule has 0 aliphatic carbocycles. The number of nitriles is 1. The maximum Gasteiger partial charge on any atom is 0.343 e. The van der Waals surface area contributed by atoms with Gasteiger partial charge in [-0.25, -0.2) is 4.79 Å². The van der Waals surface area contributed by atoms with Crippen LogP contribution in [0.2, 0.25) is 5.02 Å². The van der Waals surface area contributed by atoms with Gasteiger partial charge in [-0.1, -0.05) is 48.0 Å². The number of carbonyl (C=O) groups is 1. The summed E-state index contributed by atoms with van der Waals surface area (Å²) in [6, 6.07) is 23.1. The molecule has 0 saturated heterocycles. The number of ether oxygens (including phenoxy) is 2. The Morgan fingerprint density at radius 2 is 1.86 bits per heavy atom. The molecule has 1 aliphatic heterocycles. The number of benzene rings is 3. The van der Waals surface area contributed by atoms with Crippen molar-refractivity contribution in [3.63, 3.8) is 0 Å². The molecule has 0 bridgehead atoms. The van der Waals surface area contributed by atoms with Crippen molar-refractivity contribution in [1.82, 2.24) is 0 Å². The van der Waals surface area contributed by atoms with Crippen molar-refractivity contribution < 1.29 is 14.3 Å². The van der Waals surface area contributed by atoms with E-state index in [1.807, 2.05) is 18.2 Å². The van der Waals surface area contributed by atoms with E-state index in [9.17, 15) is 10.1 Å². The predicted molar refractivity (Wildman–Crippen MR) is 109 cm³/mol. The molecule has 1 unspecified atom stereocenters. The number of nitrogens with two attached hydrogens (primary N) is 1. The van der Waals surface area contributed by atoms with Gasteiger partial charge in [0, 0.05) is 16.7 Å². The summed E-state index contributed by atoms with van der Waals surface area (Å²) in [5.74, 6) is -0.160. The van der Waals surface area contributed by atoms with Crippen LogP contribution in [0, 0.1) is 11.3 Å². The lowest BCUT2D eigenvalue weighted by Crippen LogP contribution is -2.21. The predicted octanol–water partition coefficient (Wildman–Crippen LogP) is 4.78. The standard InChI is InChI=1S/C23H15ClN2O3/c24-16-8-4-7-15(11-16)21-18-10-9-17(12-20(18)29-22(26)19(21)13-25)28-23(27)14-5-2-1-3-6-14/h1-12,21H,26H2. The largest absolute Gasteiger partial charge is 0.440 e. The van der Waals surface area contributed by atoms with E-state index in [0.29, 0.717) is 27.7 Å². The van der Waals surface area contributed by atoms with Crippen LogP contribution in [0.15, 0.2) is 84.3 Å². The number of allylic oxidation sites excluding steroid dienone is 1. The van der Waals surface area contributed by atoms with E-state index in [2.05, 4.69) is 6.07 Å². The number of hydrogen-bond acceptors (Lipinski definition) is 5. The maximum absolute atomic E-state index is 12.3.